The molecule has 0 unspecified atom stereocenters. The van der Waals surface area contributed by atoms with Crippen molar-refractivity contribution in [1.29, 1.82) is 0 Å². The van der Waals surface area contributed by atoms with Crippen LogP contribution in [-0.4, -0.2) is 56.0 Å². The van der Waals surface area contributed by atoms with Crippen LogP contribution < -0.4 is 26.1 Å². The molecule has 204 valence electrons. The first-order chi connectivity index (χ1) is 17.9. The predicted molar refractivity (Wildman–Crippen MR) is 140 cm³/mol. The first kappa shape index (κ1) is 28.8. The fourth-order valence-corrected chi connectivity index (χ4v) is 4.62. The molecule has 0 bridgehead atoms. The van der Waals surface area contributed by atoms with Gasteiger partial charge >= 0.3 is 5.97 Å². The van der Waals surface area contributed by atoms with Crippen LogP contribution in [0, 0.1) is 0 Å². The van der Waals surface area contributed by atoms with Crippen LogP contribution in [0.3, 0.4) is 0 Å². The fourth-order valence-electron chi connectivity index (χ4n) is 3.41. The van der Waals surface area contributed by atoms with Gasteiger partial charge in [0.1, 0.15) is 17.4 Å². The van der Waals surface area contributed by atoms with Crippen molar-refractivity contribution in [3.05, 3.63) is 76.7 Å². The summed E-state index contributed by atoms with van der Waals surface area (Å²) in [6.45, 7) is 5.73. The van der Waals surface area contributed by atoms with Crippen molar-refractivity contribution in [2.24, 2.45) is 0 Å². The molecule has 0 aliphatic heterocycles. The highest BCUT2D eigenvalue weighted by Crippen LogP contribution is 2.14. The van der Waals surface area contributed by atoms with Gasteiger partial charge in [-0.25, -0.2) is 8.42 Å². The number of hydrogen-bond acceptors (Lipinski definition) is 7. The summed E-state index contributed by atoms with van der Waals surface area (Å²) in [5, 5.41) is 2.53. The molecular formula is C26H33N4O7S+. The molecule has 2 heterocycles. The first-order valence-electron chi connectivity index (χ1n) is 12.1. The highest BCUT2D eigenvalue weighted by atomic mass is 32.2. The van der Waals surface area contributed by atoms with E-state index in [0.717, 1.165) is 19.0 Å². The van der Waals surface area contributed by atoms with Gasteiger partial charge in [0.05, 0.1) is 24.2 Å². The lowest BCUT2D eigenvalue weighted by Crippen LogP contribution is -2.50. The number of fused-ring (bicyclic) bond motifs is 1. The Balaban J connectivity index is 1.79. The van der Waals surface area contributed by atoms with Crippen molar-refractivity contribution in [3.8, 4) is 5.75 Å². The summed E-state index contributed by atoms with van der Waals surface area (Å²) in [5.41, 5.74) is 2.92. The van der Waals surface area contributed by atoms with Crippen molar-refractivity contribution in [2.45, 2.75) is 43.7 Å². The van der Waals surface area contributed by atoms with Crippen molar-refractivity contribution in [2.75, 3.05) is 19.7 Å². The maximum atomic E-state index is 12.9. The lowest BCUT2D eigenvalue weighted by Gasteiger charge is -2.24. The molecule has 0 saturated heterocycles. The number of sulfonamides is 1. The number of carbonyl (C=O) groups is 2. The van der Waals surface area contributed by atoms with Gasteiger partial charge in [-0.2, -0.15) is 4.72 Å². The van der Waals surface area contributed by atoms with E-state index < -0.39 is 45.6 Å². The Morgan fingerprint density at radius 1 is 1.08 bits per heavy atom. The number of benzene rings is 1. The summed E-state index contributed by atoms with van der Waals surface area (Å²) in [6.07, 6.45) is 2.32. The fraction of sp³-hybridized carbons (Fsp3) is 0.346. The molecule has 3 rings (SSSR count). The Kier molecular flexibility index (Phi) is 9.26. The molecule has 1 aromatic carbocycles. The Labute approximate surface area is 221 Å². The molecule has 5 N–H and O–H groups in total. The largest absolute Gasteiger partial charge is 0.492 e. The normalized spacial score (nSPS) is 12.6. The summed E-state index contributed by atoms with van der Waals surface area (Å²) >= 11 is 0. The molecule has 38 heavy (non-hydrogen) atoms. The van der Waals surface area contributed by atoms with E-state index in [0.29, 0.717) is 17.9 Å². The monoisotopic (exact) mass is 545 g/mol. The van der Waals surface area contributed by atoms with Gasteiger partial charge in [-0.3, -0.25) is 18.8 Å². The zero-order valence-electron chi connectivity index (χ0n) is 21.6. The van der Waals surface area contributed by atoms with E-state index in [2.05, 4.69) is 15.8 Å². The number of hydrogen-bond donors (Lipinski definition) is 3. The first-order valence-corrected chi connectivity index (χ1v) is 13.5. The third kappa shape index (κ3) is 7.88. The minimum absolute atomic E-state index is 0.0443. The number of nitrogens with one attached hydrogen (secondary N) is 2. The van der Waals surface area contributed by atoms with Crippen molar-refractivity contribution in [3.63, 3.8) is 0 Å². The Bertz CT molecular complexity index is 1450. The highest BCUT2D eigenvalue weighted by Gasteiger charge is 2.30. The van der Waals surface area contributed by atoms with Gasteiger partial charge in [0.15, 0.2) is 0 Å². The Morgan fingerprint density at radius 2 is 1.79 bits per heavy atom. The van der Waals surface area contributed by atoms with Gasteiger partial charge < -0.3 is 20.5 Å². The van der Waals surface area contributed by atoms with Crippen molar-refractivity contribution >= 4 is 27.4 Å². The van der Waals surface area contributed by atoms with Crippen LogP contribution in [0.4, 0.5) is 0 Å². The van der Waals surface area contributed by atoms with E-state index in [9.17, 15) is 22.8 Å². The van der Waals surface area contributed by atoms with Gasteiger partial charge in [-0.05, 0) is 51.1 Å². The lowest BCUT2D eigenvalue weighted by atomic mass is 10.2. The average molecular weight is 546 g/mol. The second-order valence-corrected chi connectivity index (χ2v) is 11.2. The quantitative estimate of drug-likeness (QED) is 0.236. The molecule has 0 saturated carbocycles. The van der Waals surface area contributed by atoms with Gasteiger partial charge in [0.2, 0.25) is 10.0 Å². The smallest absolute Gasteiger partial charge is 0.326 e. The van der Waals surface area contributed by atoms with Crippen molar-refractivity contribution in [1.82, 2.24) is 14.4 Å². The van der Waals surface area contributed by atoms with Crippen LogP contribution in [0.2, 0.25) is 0 Å². The second kappa shape index (κ2) is 12.2. The maximum Gasteiger partial charge on any atom is 0.326 e. The molecule has 1 atom stereocenters. The number of carbonyl (C=O) groups excluding carboxylic acids is 2. The van der Waals surface area contributed by atoms with E-state index in [4.69, 9.17) is 9.47 Å². The second-order valence-electron chi connectivity index (χ2n) is 9.53. The minimum atomic E-state index is -4.09. The van der Waals surface area contributed by atoms with Crippen molar-refractivity contribution < 1.29 is 33.2 Å². The number of nitrogens with zero attached hydrogens (tertiary/aromatic N) is 1. The lowest BCUT2D eigenvalue weighted by molar-refractivity contribution is -0.368. The van der Waals surface area contributed by atoms with E-state index in [1.54, 1.807) is 57.3 Å². The molecule has 0 spiro atoms. The number of rotatable bonds is 11. The minimum Gasteiger partial charge on any atom is -0.492 e. The standard InChI is InChI=1S/C26H32N4O7S/c1-26(2,3)37-25(33)22(29-38(34,35)21-8-5-4-6-9-21)16-28-24(32)18-14-19-10-11-20(36-13-7-12-27)17-30(19)23(31)15-18/h4-6,8-11,14-15,17,22,29H,7,12-13,16,27H2,1-3H3,(H,28,32)/p+1/t22-/m0/s1. The van der Waals surface area contributed by atoms with Crippen LogP contribution in [0.25, 0.3) is 5.52 Å². The van der Waals surface area contributed by atoms with Gasteiger partial charge in [0.25, 0.3) is 11.5 Å². The zero-order valence-corrected chi connectivity index (χ0v) is 22.4. The number of quaternary nitrogens is 1. The number of amides is 1. The van der Waals surface area contributed by atoms with Crippen LogP contribution in [0.15, 0.2) is 70.5 Å². The van der Waals surface area contributed by atoms with Gasteiger partial charge in [-0.1, -0.05) is 18.2 Å². The molecule has 11 nitrogen and oxygen atoms in total. The number of pyridine rings is 2. The Morgan fingerprint density at radius 3 is 2.45 bits per heavy atom. The summed E-state index contributed by atoms with van der Waals surface area (Å²) < 4.78 is 40.3. The van der Waals surface area contributed by atoms with Gasteiger partial charge in [0, 0.05) is 30.1 Å². The third-order valence-electron chi connectivity index (χ3n) is 5.21. The number of aromatic nitrogens is 1. The van der Waals surface area contributed by atoms with Crippen LogP contribution in [0.5, 0.6) is 5.75 Å². The van der Waals surface area contributed by atoms with E-state index >= 15 is 0 Å². The third-order valence-corrected chi connectivity index (χ3v) is 6.69. The summed E-state index contributed by atoms with van der Waals surface area (Å²) in [5.74, 6) is -1.01. The molecule has 12 heteroatoms. The topological polar surface area (TPSA) is 160 Å². The summed E-state index contributed by atoms with van der Waals surface area (Å²) in [4.78, 5) is 38.4. The summed E-state index contributed by atoms with van der Waals surface area (Å²) in [6, 6.07) is 12.1. The molecule has 2 aromatic heterocycles. The maximum absolute atomic E-state index is 12.9. The number of esters is 1. The molecule has 0 fully saturated rings. The Hall–Kier alpha value is -3.74. The molecule has 0 aliphatic rings. The van der Waals surface area contributed by atoms with E-state index in [-0.39, 0.29) is 10.5 Å². The zero-order chi connectivity index (χ0) is 27.9. The molecular weight excluding hydrogens is 512 g/mol. The van der Waals surface area contributed by atoms with Crippen LogP contribution in [0.1, 0.15) is 37.6 Å². The highest BCUT2D eigenvalue weighted by molar-refractivity contribution is 7.89. The average Bonchev–Trinajstić information content (AvgIpc) is 2.86. The van der Waals surface area contributed by atoms with E-state index in [1.165, 1.54) is 22.6 Å². The van der Waals surface area contributed by atoms with Gasteiger partial charge in [-0.15, -0.1) is 0 Å². The molecule has 3 aromatic rings. The molecule has 0 radical (unpaired) electrons. The van der Waals surface area contributed by atoms with E-state index in [1.807, 2.05) is 0 Å². The van der Waals surface area contributed by atoms with Crippen LogP contribution in [-0.2, 0) is 19.6 Å². The SMILES string of the molecule is CC(C)(C)OC(=O)[C@H](CNC(=O)c1cc(=O)n2cc(OCCC[NH3+])ccc2c1)NS(=O)(=O)c1ccccc1. The summed E-state index contributed by atoms with van der Waals surface area (Å²) in [7, 11) is -4.09. The predicted octanol–water partition coefficient (Wildman–Crippen LogP) is 0.729. The number of ether oxygens (including phenoxy) is 2. The molecule has 0 aliphatic carbocycles. The molecule has 1 amide bonds. The van der Waals surface area contributed by atoms with Crippen LogP contribution >= 0.6 is 0 Å².